The van der Waals surface area contributed by atoms with Gasteiger partial charge in [-0.15, -0.1) is 0 Å². The van der Waals surface area contributed by atoms with Crippen molar-refractivity contribution in [2.24, 2.45) is 5.92 Å². The summed E-state index contributed by atoms with van der Waals surface area (Å²) in [6.07, 6.45) is 2.52. The Morgan fingerprint density at radius 3 is 2.55 bits per heavy atom. The molecule has 29 heavy (non-hydrogen) atoms. The Morgan fingerprint density at radius 1 is 1.14 bits per heavy atom. The van der Waals surface area contributed by atoms with Crippen molar-refractivity contribution in [2.75, 3.05) is 18.4 Å². The molecule has 6 nitrogen and oxygen atoms in total. The number of hydrogen-bond acceptors (Lipinski definition) is 4. The molecule has 1 atom stereocenters. The normalized spacial score (nSPS) is 16.8. The number of likely N-dealkylation sites (tertiary alicyclic amines) is 1. The van der Waals surface area contributed by atoms with Gasteiger partial charge in [-0.05, 0) is 68.6 Å². The highest BCUT2D eigenvalue weighted by molar-refractivity contribution is 5.94. The SMILES string of the molecule is CC1CCN(Cc2ccc(NC(=O)C(C)n3c(=O)oc4ccccc43)cc2)CC1. The zero-order chi connectivity index (χ0) is 20.4. The highest BCUT2D eigenvalue weighted by Gasteiger charge is 2.21. The second-order valence-electron chi connectivity index (χ2n) is 8.03. The van der Waals surface area contributed by atoms with Gasteiger partial charge in [0.15, 0.2) is 5.58 Å². The quantitative estimate of drug-likeness (QED) is 0.711. The van der Waals surface area contributed by atoms with Crippen LogP contribution >= 0.6 is 0 Å². The molecule has 0 bridgehead atoms. The van der Waals surface area contributed by atoms with Crippen molar-refractivity contribution in [3.63, 3.8) is 0 Å². The zero-order valence-electron chi connectivity index (χ0n) is 16.9. The van der Waals surface area contributed by atoms with Crippen LogP contribution in [0.3, 0.4) is 0 Å². The van der Waals surface area contributed by atoms with Gasteiger partial charge in [0.25, 0.3) is 0 Å². The van der Waals surface area contributed by atoms with Crippen LogP contribution in [0.2, 0.25) is 0 Å². The molecule has 1 fully saturated rings. The molecule has 4 rings (SSSR count). The number of carbonyl (C=O) groups excluding carboxylic acids is 1. The van der Waals surface area contributed by atoms with Crippen LogP contribution in [-0.4, -0.2) is 28.5 Å². The maximum atomic E-state index is 12.7. The molecule has 1 N–H and O–H groups in total. The zero-order valence-corrected chi connectivity index (χ0v) is 16.9. The van der Waals surface area contributed by atoms with E-state index in [-0.39, 0.29) is 5.91 Å². The molecule has 6 heteroatoms. The smallest absolute Gasteiger partial charge is 0.408 e. The van der Waals surface area contributed by atoms with Crippen LogP contribution in [0, 0.1) is 5.92 Å². The summed E-state index contributed by atoms with van der Waals surface area (Å²) in [6, 6.07) is 14.4. The van der Waals surface area contributed by atoms with Crippen LogP contribution in [0.4, 0.5) is 5.69 Å². The summed E-state index contributed by atoms with van der Waals surface area (Å²) < 4.78 is 6.62. The molecule has 1 aromatic heterocycles. The lowest BCUT2D eigenvalue weighted by Crippen LogP contribution is -2.32. The first-order valence-electron chi connectivity index (χ1n) is 10.2. The summed E-state index contributed by atoms with van der Waals surface area (Å²) in [6.45, 7) is 7.24. The molecule has 152 valence electrons. The van der Waals surface area contributed by atoms with E-state index in [1.165, 1.54) is 23.0 Å². The van der Waals surface area contributed by atoms with Gasteiger partial charge < -0.3 is 9.73 Å². The van der Waals surface area contributed by atoms with Crippen molar-refractivity contribution in [3.05, 3.63) is 64.6 Å². The number of benzene rings is 2. The first kappa shape index (κ1) is 19.5. The number of para-hydroxylation sites is 2. The van der Waals surface area contributed by atoms with Crippen LogP contribution < -0.4 is 11.1 Å². The standard InChI is InChI=1S/C23H27N3O3/c1-16-11-13-25(14-12-16)15-18-7-9-19(10-8-18)24-22(27)17(2)26-20-5-3-4-6-21(20)29-23(26)28/h3-10,16-17H,11-15H2,1-2H3,(H,24,27). The Bertz CT molecular complexity index is 1040. The first-order chi connectivity index (χ1) is 14.0. The summed E-state index contributed by atoms with van der Waals surface area (Å²) in [4.78, 5) is 27.4. The van der Waals surface area contributed by atoms with Crippen LogP contribution in [0.1, 0.15) is 38.3 Å². The van der Waals surface area contributed by atoms with Crippen molar-refractivity contribution in [1.82, 2.24) is 9.47 Å². The molecule has 0 spiro atoms. The second-order valence-corrected chi connectivity index (χ2v) is 8.03. The number of carbonyl (C=O) groups is 1. The van der Waals surface area contributed by atoms with Crippen LogP contribution in [0.5, 0.6) is 0 Å². The van der Waals surface area contributed by atoms with E-state index in [1.807, 2.05) is 18.2 Å². The third kappa shape index (κ3) is 4.27. The number of nitrogens with one attached hydrogen (secondary N) is 1. The van der Waals surface area contributed by atoms with Crippen LogP contribution in [-0.2, 0) is 11.3 Å². The fourth-order valence-corrected chi connectivity index (χ4v) is 3.89. The average Bonchev–Trinajstić information content (AvgIpc) is 3.06. The largest absolute Gasteiger partial charge is 0.420 e. The summed E-state index contributed by atoms with van der Waals surface area (Å²) in [5.41, 5.74) is 3.06. The minimum atomic E-state index is -0.679. The lowest BCUT2D eigenvalue weighted by Gasteiger charge is -2.30. The minimum absolute atomic E-state index is 0.253. The molecular formula is C23H27N3O3. The Labute approximate surface area is 170 Å². The fourth-order valence-electron chi connectivity index (χ4n) is 3.89. The Morgan fingerprint density at radius 2 is 1.83 bits per heavy atom. The van der Waals surface area contributed by atoms with Gasteiger partial charge in [0, 0.05) is 12.2 Å². The summed E-state index contributed by atoms with van der Waals surface area (Å²) in [5, 5.41) is 2.90. The van der Waals surface area contributed by atoms with Gasteiger partial charge in [0.1, 0.15) is 6.04 Å². The third-order valence-corrected chi connectivity index (χ3v) is 5.79. The van der Waals surface area contributed by atoms with Gasteiger partial charge in [0.05, 0.1) is 5.52 Å². The van der Waals surface area contributed by atoms with Gasteiger partial charge >= 0.3 is 5.76 Å². The molecule has 3 aromatic rings. The molecule has 2 aromatic carbocycles. The van der Waals surface area contributed by atoms with Crippen LogP contribution in [0.15, 0.2) is 57.7 Å². The van der Waals surface area contributed by atoms with Crippen molar-refractivity contribution < 1.29 is 9.21 Å². The Hall–Kier alpha value is -2.86. The number of rotatable bonds is 5. The highest BCUT2D eigenvalue weighted by Crippen LogP contribution is 2.20. The second kappa shape index (κ2) is 8.25. The number of nitrogens with zero attached hydrogens (tertiary/aromatic N) is 2. The summed E-state index contributed by atoms with van der Waals surface area (Å²) in [5.74, 6) is 0.0437. The molecule has 0 saturated carbocycles. The molecule has 0 radical (unpaired) electrons. The fraction of sp³-hybridized carbons (Fsp3) is 0.391. The van der Waals surface area contributed by atoms with Gasteiger partial charge in [-0.3, -0.25) is 14.3 Å². The number of amides is 1. The van der Waals surface area contributed by atoms with E-state index in [2.05, 4.69) is 29.3 Å². The van der Waals surface area contributed by atoms with E-state index in [0.717, 1.165) is 31.2 Å². The number of piperidine rings is 1. The Balaban J connectivity index is 1.41. The molecule has 1 aliphatic rings. The van der Waals surface area contributed by atoms with Gasteiger partial charge in [-0.1, -0.05) is 31.2 Å². The van der Waals surface area contributed by atoms with Crippen molar-refractivity contribution in [3.8, 4) is 0 Å². The lowest BCUT2D eigenvalue weighted by atomic mass is 9.99. The predicted octanol–water partition coefficient (Wildman–Crippen LogP) is 4.03. The number of fused-ring (bicyclic) bond motifs is 1. The highest BCUT2D eigenvalue weighted by atomic mass is 16.4. The molecule has 1 unspecified atom stereocenters. The maximum Gasteiger partial charge on any atom is 0.420 e. The molecular weight excluding hydrogens is 366 g/mol. The summed E-state index contributed by atoms with van der Waals surface area (Å²) in [7, 11) is 0. The van der Waals surface area contributed by atoms with Gasteiger partial charge in [-0.25, -0.2) is 4.79 Å². The van der Waals surface area contributed by atoms with E-state index in [9.17, 15) is 9.59 Å². The molecule has 1 saturated heterocycles. The first-order valence-corrected chi connectivity index (χ1v) is 10.2. The monoisotopic (exact) mass is 393 g/mol. The van der Waals surface area contributed by atoms with Crippen molar-refractivity contribution in [1.29, 1.82) is 0 Å². The van der Waals surface area contributed by atoms with Crippen molar-refractivity contribution in [2.45, 2.75) is 39.3 Å². The molecule has 0 aliphatic carbocycles. The molecule has 1 amide bonds. The van der Waals surface area contributed by atoms with E-state index in [4.69, 9.17) is 4.42 Å². The van der Waals surface area contributed by atoms with E-state index >= 15 is 0 Å². The molecule has 1 aliphatic heterocycles. The number of oxazole rings is 1. The molecule has 2 heterocycles. The van der Waals surface area contributed by atoms with E-state index < -0.39 is 11.8 Å². The van der Waals surface area contributed by atoms with Crippen LogP contribution in [0.25, 0.3) is 11.1 Å². The summed E-state index contributed by atoms with van der Waals surface area (Å²) >= 11 is 0. The minimum Gasteiger partial charge on any atom is -0.408 e. The van der Waals surface area contributed by atoms with Crippen molar-refractivity contribution >= 4 is 22.7 Å². The number of anilines is 1. The van der Waals surface area contributed by atoms with Gasteiger partial charge in [-0.2, -0.15) is 0 Å². The number of hydrogen-bond donors (Lipinski definition) is 1. The average molecular weight is 393 g/mol. The third-order valence-electron chi connectivity index (χ3n) is 5.79. The lowest BCUT2D eigenvalue weighted by molar-refractivity contribution is -0.118. The topological polar surface area (TPSA) is 67.5 Å². The number of aromatic nitrogens is 1. The predicted molar refractivity (Wildman–Crippen MR) is 114 cm³/mol. The van der Waals surface area contributed by atoms with E-state index in [0.29, 0.717) is 11.1 Å². The Kier molecular flexibility index (Phi) is 5.53. The van der Waals surface area contributed by atoms with Gasteiger partial charge in [0.2, 0.25) is 5.91 Å². The maximum absolute atomic E-state index is 12.7. The van der Waals surface area contributed by atoms with E-state index in [1.54, 1.807) is 25.1 Å².